The summed E-state index contributed by atoms with van der Waals surface area (Å²) in [6.45, 7) is 9.88. The predicted molar refractivity (Wildman–Crippen MR) is 69.8 cm³/mol. The Bertz CT molecular complexity index is 390. The number of benzene rings is 1. The zero-order valence-corrected chi connectivity index (χ0v) is 10.8. The standard InChI is InChI=1S/C15H20O2/c1-5-12(4)14-8-6-13(7-9-14)10-17-15(16)11(2)3/h6-9,12H,2,5,10H2,1,3-4H3. The highest BCUT2D eigenvalue weighted by molar-refractivity contribution is 5.86. The molecular formula is C15H20O2. The fraction of sp³-hybridized carbons (Fsp3) is 0.400. The number of hydrogen-bond acceptors (Lipinski definition) is 2. The normalized spacial score (nSPS) is 11.9. The summed E-state index contributed by atoms with van der Waals surface area (Å²) in [6.07, 6.45) is 1.13. The maximum Gasteiger partial charge on any atom is 0.333 e. The molecule has 0 spiro atoms. The summed E-state index contributed by atoms with van der Waals surface area (Å²) in [4.78, 5) is 11.2. The van der Waals surface area contributed by atoms with Crippen LogP contribution in [0.1, 0.15) is 44.2 Å². The molecule has 0 radical (unpaired) electrons. The molecule has 1 aromatic carbocycles. The van der Waals surface area contributed by atoms with E-state index in [0.717, 1.165) is 12.0 Å². The molecule has 2 nitrogen and oxygen atoms in total. The first kappa shape index (κ1) is 13.5. The Kier molecular flexibility index (Phi) is 4.95. The Morgan fingerprint density at radius 1 is 1.35 bits per heavy atom. The molecular weight excluding hydrogens is 212 g/mol. The second-order valence-corrected chi connectivity index (χ2v) is 4.41. The molecule has 0 saturated heterocycles. The smallest absolute Gasteiger partial charge is 0.333 e. The van der Waals surface area contributed by atoms with Gasteiger partial charge in [0.05, 0.1) is 0 Å². The summed E-state index contributed by atoms with van der Waals surface area (Å²) in [5.74, 6) is 0.234. The van der Waals surface area contributed by atoms with E-state index in [2.05, 4.69) is 32.6 Å². The lowest BCUT2D eigenvalue weighted by Gasteiger charge is -2.10. The van der Waals surface area contributed by atoms with Gasteiger partial charge >= 0.3 is 5.97 Å². The number of carbonyl (C=O) groups is 1. The largest absolute Gasteiger partial charge is 0.457 e. The van der Waals surface area contributed by atoms with Crippen LogP contribution in [0, 0.1) is 0 Å². The molecule has 1 unspecified atom stereocenters. The second kappa shape index (κ2) is 6.24. The van der Waals surface area contributed by atoms with Gasteiger partial charge in [0.25, 0.3) is 0 Å². The Morgan fingerprint density at radius 3 is 2.41 bits per heavy atom. The minimum atomic E-state index is -0.337. The van der Waals surface area contributed by atoms with Crippen molar-refractivity contribution in [3.05, 3.63) is 47.5 Å². The first-order valence-corrected chi connectivity index (χ1v) is 5.96. The molecule has 1 atom stereocenters. The lowest BCUT2D eigenvalue weighted by Crippen LogP contribution is -2.04. The molecule has 92 valence electrons. The maximum absolute atomic E-state index is 11.2. The number of esters is 1. The van der Waals surface area contributed by atoms with E-state index in [1.807, 2.05) is 12.1 Å². The molecule has 17 heavy (non-hydrogen) atoms. The summed E-state index contributed by atoms with van der Waals surface area (Å²) in [5, 5.41) is 0. The Labute approximate surface area is 103 Å². The molecule has 0 aliphatic carbocycles. The minimum Gasteiger partial charge on any atom is -0.457 e. The number of ether oxygens (including phenoxy) is 1. The van der Waals surface area contributed by atoms with Gasteiger partial charge in [-0.3, -0.25) is 0 Å². The number of hydrogen-bond donors (Lipinski definition) is 0. The Hall–Kier alpha value is -1.57. The van der Waals surface area contributed by atoms with Gasteiger partial charge in [-0.1, -0.05) is 44.7 Å². The van der Waals surface area contributed by atoms with Crippen LogP contribution in [0.2, 0.25) is 0 Å². The van der Waals surface area contributed by atoms with E-state index in [1.54, 1.807) is 6.92 Å². The molecule has 2 heteroatoms. The number of carbonyl (C=O) groups excluding carboxylic acids is 1. The van der Waals surface area contributed by atoms with Gasteiger partial charge in [-0.15, -0.1) is 0 Å². The fourth-order valence-electron chi connectivity index (χ4n) is 1.45. The first-order valence-electron chi connectivity index (χ1n) is 5.96. The van der Waals surface area contributed by atoms with Gasteiger partial charge in [0.15, 0.2) is 0 Å². The van der Waals surface area contributed by atoms with Crippen LogP contribution in [-0.4, -0.2) is 5.97 Å². The molecule has 0 N–H and O–H groups in total. The van der Waals surface area contributed by atoms with Gasteiger partial charge in [0.1, 0.15) is 6.61 Å². The Morgan fingerprint density at radius 2 is 1.94 bits per heavy atom. The van der Waals surface area contributed by atoms with Crippen molar-refractivity contribution in [2.75, 3.05) is 0 Å². The first-order chi connectivity index (χ1) is 8.04. The maximum atomic E-state index is 11.2. The van der Waals surface area contributed by atoms with Crippen LogP contribution in [0.3, 0.4) is 0 Å². The second-order valence-electron chi connectivity index (χ2n) is 4.41. The third kappa shape index (κ3) is 4.06. The molecule has 0 bridgehead atoms. The molecule has 0 saturated carbocycles. The SMILES string of the molecule is C=C(C)C(=O)OCc1ccc(C(C)CC)cc1. The van der Waals surface area contributed by atoms with Crippen LogP contribution in [0.25, 0.3) is 0 Å². The van der Waals surface area contributed by atoms with Gasteiger partial charge in [-0.05, 0) is 30.4 Å². The van der Waals surface area contributed by atoms with E-state index in [4.69, 9.17) is 4.74 Å². The van der Waals surface area contributed by atoms with Crippen molar-refractivity contribution in [2.45, 2.75) is 39.7 Å². The lowest BCUT2D eigenvalue weighted by atomic mass is 9.98. The van der Waals surface area contributed by atoms with Gasteiger partial charge in [-0.25, -0.2) is 4.79 Å². The van der Waals surface area contributed by atoms with Crippen molar-refractivity contribution in [2.24, 2.45) is 0 Å². The quantitative estimate of drug-likeness (QED) is 0.570. The molecule has 1 rings (SSSR count). The summed E-state index contributed by atoms with van der Waals surface area (Å²) in [6, 6.07) is 8.20. The van der Waals surface area contributed by atoms with E-state index < -0.39 is 0 Å². The Balaban J connectivity index is 2.57. The van der Waals surface area contributed by atoms with Crippen LogP contribution in [0.4, 0.5) is 0 Å². The van der Waals surface area contributed by atoms with Crippen LogP contribution in [-0.2, 0) is 16.1 Å². The van der Waals surface area contributed by atoms with Crippen LogP contribution in [0.5, 0.6) is 0 Å². The van der Waals surface area contributed by atoms with Gasteiger partial charge < -0.3 is 4.74 Å². The highest BCUT2D eigenvalue weighted by atomic mass is 16.5. The van der Waals surface area contributed by atoms with Crippen molar-refractivity contribution >= 4 is 5.97 Å². The summed E-state index contributed by atoms with van der Waals surface area (Å²) >= 11 is 0. The highest BCUT2D eigenvalue weighted by Gasteiger charge is 2.05. The van der Waals surface area contributed by atoms with E-state index >= 15 is 0 Å². The minimum absolute atomic E-state index is 0.312. The number of rotatable bonds is 5. The van der Waals surface area contributed by atoms with Crippen LogP contribution < -0.4 is 0 Å². The molecule has 0 heterocycles. The molecule has 0 amide bonds. The third-order valence-electron chi connectivity index (χ3n) is 2.88. The molecule has 1 aromatic rings. The molecule has 0 aromatic heterocycles. The topological polar surface area (TPSA) is 26.3 Å². The van der Waals surface area contributed by atoms with Crippen molar-refractivity contribution in [3.8, 4) is 0 Å². The highest BCUT2D eigenvalue weighted by Crippen LogP contribution is 2.19. The zero-order chi connectivity index (χ0) is 12.8. The molecule has 0 aliphatic heterocycles. The van der Waals surface area contributed by atoms with E-state index in [1.165, 1.54) is 5.56 Å². The average molecular weight is 232 g/mol. The van der Waals surface area contributed by atoms with E-state index in [-0.39, 0.29) is 5.97 Å². The predicted octanol–water partition coefficient (Wildman–Crippen LogP) is 3.82. The van der Waals surface area contributed by atoms with Crippen molar-refractivity contribution in [1.29, 1.82) is 0 Å². The van der Waals surface area contributed by atoms with Crippen molar-refractivity contribution in [3.63, 3.8) is 0 Å². The molecule has 0 fully saturated rings. The zero-order valence-electron chi connectivity index (χ0n) is 10.8. The monoisotopic (exact) mass is 232 g/mol. The lowest BCUT2D eigenvalue weighted by molar-refractivity contribution is -0.140. The van der Waals surface area contributed by atoms with Crippen LogP contribution >= 0.6 is 0 Å². The van der Waals surface area contributed by atoms with Gasteiger partial charge in [0, 0.05) is 5.57 Å². The van der Waals surface area contributed by atoms with Crippen molar-refractivity contribution < 1.29 is 9.53 Å². The third-order valence-corrected chi connectivity index (χ3v) is 2.88. The summed E-state index contributed by atoms with van der Waals surface area (Å²) in [7, 11) is 0. The average Bonchev–Trinajstić information content (AvgIpc) is 2.35. The fourth-order valence-corrected chi connectivity index (χ4v) is 1.45. The summed E-state index contributed by atoms with van der Waals surface area (Å²) < 4.78 is 5.08. The molecule has 0 aliphatic rings. The summed E-state index contributed by atoms with van der Waals surface area (Å²) in [5.41, 5.74) is 2.76. The van der Waals surface area contributed by atoms with E-state index in [0.29, 0.717) is 18.1 Å². The van der Waals surface area contributed by atoms with Crippen LogP contribution in [0.15, 0.2) is 36.4 Å². The van der Waals surface area contributed by atoms with Crippen molar-refractivity contribution in [1.82, 2.24) is 0 Å². The van der Waals surface area contributed by atoms with Gasteiger partial charge in [-0.2, -0.15) is 0 Å². The van der Waals surface area contributed by atoms with E-state index in [9.17, 15) is 4.79 Å². The van der Waals surface area contributed by atoms with Gasteiger partial charge in [0.2, 0.25) is 0 Å².